The molecule has 0 aromatic carbocycles. The van der Waals surface area contributed by atoms with Crippen molar-refractivity contribution in [2.75, 3.05) is 0 Å². The standard InChI is InChI=1S/C9H7F3O3/c1-3-2-4-5(8(13)14)6(7(3)15-4)9(10,11)12/h2,4,7H,1H3,(H,13,14). The normalized spacial score (nSPS) is 29.7. The summed E-state index contributed by atoms with van der Waals surface area (Å²) in [6, 6.07) is 0. The van der Waals surface area contributed by atoms with Crippen LogP contribution in [0.1, 0.15) is 6.92 Å². The largest absolute Gasteiger partial charge is 0.478 e. The topological polar surface area (TPSA) is 46.5 Å². The summed E-state index contributed by atoms with van der Waals surface area (Å²) in [6.07, 6.45) is -5.53. The van der Waals surface area contributed by atoms with Crippen molar-refractivity contribution in [3.63, 3.8) is 0 Å². The molecule has 2 rings (SSSR count). The highest BCUT2D eigenvalue weighted by Gasteiger charge is 2.53. The van der Waals surface area contributed by atoms with Crippen molar-refractivity contribution in [2.45, 2.75) is 25.3 Å². The Morgan fingerprint density at radius 1 is 1.53 bits per heavy atom. The summed E-state index contributed by atoms with van der Waals surface area (Å²) in [5.41, 5.74) is -1.34. The number of hydrogen-bond donors (Lipinski definition) is 1. The summed E-state index contributed by atoms with van der Waals surface area (Å²) in [6.45, 7) is 1.50. The molecular formula is C9H7F3O3. The molecule has 6 heteroatoms. The zero-order valence-electron chi connectivity index (χ0n) is 7.63. The molecule has 0 saturated carbocycles. The maximum atomic E-state index is 12.6. The van der Waals surface area contributed by atoms with Gasteiger partial charge in [-0.2, -0.15) is 13.2 Å². The fraction of sp³-hybridized carbons (Fsp3) is 0.444. The van der Waals surface area contributed by atoms with E-state index in [0.717, 1.165) is 0 Å². The van der Waals surface area contributed by atoms with Crippen LogP contribution in [-0.4, -0.2) is 29.5 Å². The quantitative estimate of drug-likeness (QED) is 0.683. The fourth-order valence-electron chi connectivity index (χ4n) is 1.90. The van der Waals surface area contributed by atoms with Crippen molar-refractivity contribution in [3.05, 3.63) is 22.8 Å². The first-order valence-electron chi connectivity index (χ1n) is 4.20. The number of hydrogen-bond acceptors (Lipinski definition) is 2. The van der Waals surface area contributed by atoms with E-state index in [-0.39, 0.29) is 0 Å². The van der Waals surface area contributed by atoms with Gasteiger partial charge in [-0.05, 0) is 18.6 Å². The fourth-order valence-corrected chi connectivity index (χ4v) is 1.90. The second-order valence-corrected chi connectivity index (χ2v) is 3.48. The van der Waals surface area contributed by atoms with Gasteiger partial charge in [-0.1, -0.05) is 0 Å². The van der Waals surface area contributed by atoms with Crippen molar-refractivity contribution in [1.82, 2.24) is 0 Å². The van der Waals surface area contributed by atoms with Gasteiger partial charge >= 0.3 is 12.1 Å². The predicted molar refractivity (Wildman–Crippen MR) is 43.1 cm³/mol. The summed E-state index contributed by atoms with van der Waals surface area (Å²) in [4.78, 5) is 10.7. The summed E-state index contributed by atoms with van der Waals surface area (Å²) in [5, 5.41) is 8.69. The molecular weight excluding hydrogens is 213 g/mol. The van der Waals surface area contributed by atoms with Crippen LogP contribution >= 0.6 is 0 Å². The van der Waals surface area contributed by atoms with Crippen molar-refractivity contribution in [1.29, 1.82) is 0 Å². The Balaban J connectivity index is 2.51. The molecule has 0 fully saturated rings. The van der Waals surface area contributed by atoms with Gasteiger partial charge < -0.3 is 9.84 Å². The molecule has 15 heavy (non-hydrogen) atoms. The molecule has 0 aliphatic carbocycles. The zero-order chi connectivity index (χ0) is 11.4. The van der Waals surface area contributed by atoms with Crippen LogP contribution in [0.4, 0.5) is 13.2 Å². The maximum absolute atomic E-state index is 12.6. The lowest BCUT2D eigenvalue weighted by Gasteiger charge is -2.16. The summed E-state index contributed by atoms with van der Waals surface area (Å²) in [5.74, 6) is -1.57. The number of fused-ring (bicyclic) bond motifs is 2. The number of carbonyl (C=O) groups is 1. The molecule has 0 spiro atoms. The van der Waals surface area contributed by atoms with E-state index in [1.807, 2.05) is 0 Å². The lowest BCUT2D eigenvalue weighted by molar-refractivity contribution is -0.134. The molecule has 2 heterocycles. The van der Waals surface area contributed by atoms with E-state index in [4.69, 9.17) is 9.84 Å². The monoisotopic (exact) mass is 220 g/mol. The van der Waals surface area contributed by atoms with Gasteiger partial charge in [0.25, 0.3) is 0 Å². The van der Waals surface area contributed by atoms with Crippen molar-refractivity contribution in [3.8, 4) is 0 Å². The molecule has 2 bridgehead atoms. The molecule has 0 aromatic heterocycles. The van der Waals surface area contributed by atoms with E-state index in [1.165, 1.54) is 13.0 Å². The van der Waals surface area contributed by atoms with Crippen LogP contribution in [0.3, 0.4) is 0 Å². The average Bonchev–Trinajstić information content (AvgIpc) is 2.56. The van der Waals surface area contributed by atoms with Crippen LogP contribution in [0.15, 0.2) is 22.8 Å². The lowest BCUT2D eigenvalue weighted by Crippen LogP contribution is -2.26. The highest BCUT2D eigenvalue weighted by molar-refractivity contribution is 5.91. The van der Waals surface area contributed by atoms with E-state index in [0.29, 0.717) is 5.57 Å². The molecule has 0 saturated heterocycles. The zero-order valence-corrected chi connectivity index (χ0v) is 7.63. The Kier molecular flexibility index (Phi) is 1.94. The summed E-state index contributed by atoms with van der Waals surface area (Å²) < 4.78 is 42.7. The van der Waals surface area contributed by atoms with E-state index < -0.39 is 35.5 Å². The number of carboxylic acid groups (broad SMARTS) is 1. The highest BCUT2D eigenvalue weighted by Crippen LogP contribution is 2.45. The van der Waals surface area contributed by atoms with E-state index in [1.54, 1.807) is 0 Å². The summed E-state index contributed by atoms with van der Waals surface area (Å²) >= 11 is 0. The van der Waals surface area contributed by atoms with E-state index in [9.17, 15) is 18.0 Å². The van der Waals surface area contributed by atoms with Crippen molar-refractivity contribution in [2.24, 2.45) is 0 Å². The molecule has 1 N–H and O–H groups in total. The molecule has 2 aliphatic heterocycles. The number of alkyl halides is 3. The number of aliphatic carboxylic acids is 1. The van der Waals surface area contributed by atoms with Gasteiger partial charge in [0.05, 0.1) is 11.1 Å². The average molecular weight is 220 g/mol. The van der Waals surface area contributed by atoms with Gasteiger partial charge in [-0.15, -0.1) is 0 Å². The SMILES string of the molecule is CC1=CC2OC1C(C(F)(F)F)=C2C(=O)O. The van der Waals surface area contributed by atoms with Crippen LogP contribution < -0.4 is 0 Å². The van der Waals surface area contributed by atoms with Gasteiger partial charge in [0.2, 0.25) is 0 Å². The Bertz CT molecular complexity index is 392. The van der Waals surface area contributed by atoms with Crippen molar-refractivity contribution < 1.29 is 27.8 Å². The number of halogens is 3. The minimum Gasteiger partial charge on any atom is -0.478 e. The molecule has 3 nitrogen and oxygen atoms in total. The van der Waals surface area contributed by atoms with Crippen LogP contribution in [0.25, 0.3) is 0 Å². The number of rotatable bonds is 1. The van der Waals surface area contributed by atoms with Crippen LogP contribution in [0.5, 0.6) is 0 Å². The van der Waals surface area contributed by atoms with E-state index in [2.05, 4.69) is 0 Å². The van der Waals surface area contributed by atoms with Gasteiger partial charge in [0, 0.05) is 0 Å². The predicted octanol–water partition coefficient (Wildman–Crippen LogP) is 1.66. The number of ether oxygens (including phenoxy) is 1. The first-order chi connectivity index (χ1) is 6.82. The molecule has 82 valence electrons. The maximum Gasteiger partial charge on any atom is 0.416 e. The molecule has 0 radical (unpaired) electrons. The molecule has 0 amide bonds. The second-order valence-electron chi connectivity index (χ2n) is 3.48. The minimum atomic E-state index is -4.65. The van der Waals surface area contributed by atoms with E-state index >= 15 is 0 Å². The lowest BCUT2D eigenvalue weighted by atomic mass is 9.92. The molecule has 2 unspecified atom stereocenters. The van der Waals surface area contributed by atoms with Gasteiger partial charge in [0.1, 0.15) is 12.2 Å². The molecule has 2 aliphatic rings. The summed E-state index contributed by atoms with van der Waals surface area (Å²) in [7, 11) is 0. The van der Waals surface area contributed by atoms with Gasteiger partial charge in [-0.25, -0.2) is 4.79 Å². The van der Waals surface area contributed by atoms with Gasteiger partial charge in [-0.3, -0.25) is 0 Å². The van der Waals surface area contributed by atoms with Crippen LogP contribution in [-0.2, 0) is 9.53 Å². The third-order valence-corrected chi connectivity index (χ3v) is 2.48. The second kappa shape index (κ2) is 2.85. The minimum absolute atomic E-state index is 0.414. The number of carboxylic acids is 1. The Hall–Kier alpha value is -1.30. The van der Waals surface area contributed by atoms with Crippen LogP contribution in [0.2, 0.25) is 0 Å². The Morgan fingerprint density at radius 3 is 2.60 bits per heavy atom. The first-order valence-corrected chi connectivity index (χ1v) is 4.20. The molecule has 2 atom stereocenters. The first kappa shape index (κ1) is 10.2. The Morgan fingerprint density at radius 2 is 2.13 bits per heavy atom. The Labute approximate surface area is 82.8 Å². The third kappa shape index (κ3) is 1.36. The smallest absolute Gasteiger partial charge is 0.416 e. The van der Waals surface area contributed by atoms with Crippen LogP contribution in [0, 0.1) is 0 Å². The highest BCUT2D eigenvalue weighted by atomic mass is 19.4. The third-order valence-electron chi connectivity index (χ3n) is 2.48. The van der Waals surface area contributed by atoms with Gasteiger partial charge in [0.15, 0.2) is 0 Å². The molecule has 0 aromatic rings. The van der Waals surface area contributed by atoms with Crippen molar-refractivity contribution >= 4 is 5.97 Å².